The zero-order chi connectivity index (χ0) is 34.4. The number of aromatic nitrogens is 1. The Morgan fingerprint density at radius 2 is 1.82 bits per heavy atom. The summed E-state index contributed by atoms with van der Waals surface area (Å²) in [6.07, 6.45) is 2.24. The topological polar surface area (TPSA) is 150 Å². The normalized spacial score (nSPS) is 19.1. The number of carbonyl (C=O) groups is 2. The van der Waals surface area contributed by atoms with E-state index in [1.165, 1.54) is 0 Å². The van der Waals surface area contributed by atoms with Crippen LogP contribution in [0.2, 0.25) is 10.0 Å². The van der Waals surface area contributed by atoms with Crippen LogP contribution >= 0.6 is 34.5 Å². The number of rotatable bonds is 9. The molecular formula is C34H32Cl2N4O7S2. The highest BCUT2D eigenvalue weighted by Gasteiger charge is 2.42. The van der Waals surface area contributed by atoms with Gasteiger partial charge < -0.3 is 25.3 Å². The van der Waals surface area contributed by atoms with Crippen LogP contribution in [0.15, 0.2) is 58.8 Å². The number of carbonyl (C=O) groups excluding carboxylic acids is 2. The van der Waals surface area contributed by atoms with Crippen molar-refractivity contribution in [3.8, 4) is 17.2 Å². The number of hydrogen-bond donors (Lipinski definition) is 2. The first-order chi connectivity index (χ1) is 23.5. The molecule has 0 saturated heterocycles. The predicted octanol–water partition coefficient (Wildman–Crippen LogP) is 6.19. The van der Waals surface area contributed by atoms with Crippen LogP contribution in [-0.2, 0) is 39.2 Å². The van der Waals surface area contributed by atoms with Crippen molar-refractivity contribution in [1.29, 1.82) is 0 Å². The van der Waals surface area contributed by atoms with E-state index in [1.54, 1.807) is 31.2 Å². The number of halogens is 2. The average molecular weight is 744 g/mol. The van der Waals surface area contributed by atoms with Gasteiger partial charge in [-0.15, -0.1) is 0 Å². The zero-order valence-electron chi connectivity index (χ0n) is 26.3. The van der Waals surface area contributed by atoms with Gasteiger partial charge in [-0.1, -0.05) is 59.2 Å². The van der Waals surface area contributed by atoms with Gasteiger partial charge >= 0.3 is 0 Å². The summed E-state index contributed by atoms with van der Waals surface area (Å²) >= 11 is 13.0. The number of aryl methyl sites for hydroxylation is 1. The van der Waals surface area contributed by atoms with E-state index in [9.17, 15) is 18.0 Å². The summed E-state index contributed by atoms with van der Waals surface area (Å²) in [7, 11) is -4.22. The number of anilines is 1. The van der Waals surface area contributed by atoms with Crippen LogP contribution in [0.1, 0.15) is 53.3 Å². The van der Waals surface area contributed by atoms with Gasteiger partial charge in [0.1, 0.15) is 25.0 Å². The minimum absolute atomic E-state index is 0.0480. The van der Waals surface area contributed by atoms with Gasteiger partial charge in [0.25, 0.3) is 10.0 Å². The molecular weight excluding hydrogens is 711 g/mol. The molecule has 2 amide bonds. The van der Waals surface area contributed by atoms with Gasteiger partial charge in [-0.3, -0.25) is 9.59 Å². The standard InChI is InChI=1S/C34H32Cl2N4O7S2/c1-18-33(48-34(38-18)39-32(42)21-3-2-4-21)49(43,44)40-15-23-14-29-28(13-22(23)12-27(40)31(37)41)46-17-30(47-29)20-6-8-24(9-7-20)45-16-19-5-10-25(35)26(36)11-19/h5-11,13-14,21,27,30H,2-4,12,15-17H2,1H3,(H2,37,41)(H,38,39,42)/t27-,30?/m0/s1. The van der Waals surface area contributed by atoms with Crippen molar-refractivity contribution in [2.24, 2.45) is 11.7 Å². The van der Waals surface area contributed by atoms with Crippen LogP contribution in [-0.4, -0.2) is 42.2 Å². The van der Waals surface area contributed by atoms with E-state index in [4.69, 9.17) is 43.1 Å². The van der Waals surface area contributed by atoms with Gasteiger partial charge in [0, 0.05) is 12.5 Å². The van der Waals surface area contributed by atoms with Crippen molar-refractivity contribution in [2.75, 3.05) is 11.9 Å². The lowest BCUT2D eigenvalue weighted by molar-refractivity contribution is -0.122. The predicted molar refractivity (Wildman–Crippen MR) is 185 cm³/mol. The molecule has 3 heterocycles. The van der Waals surface area contributed by atoms with E-state index in [1.807, 2.05) is 30.3 Å². The van der Waals surface area contributed by atoms with Crippen LogP contribution < -0.4 is 25.3 Å². The second-order valence-electron chi connectivity index (χ2n) is 12.3. The maximum atomic E-state index is 14.0. The van der Waals surface area contributed by atoms with Gasteiger partial charge in [-0.25, -0.2) is 13.4 Å². The SMILES string of the molecule is Cc1nc(NC(=O)C2CCC2)sc1S(=O)(=O)N1Cc2cc3c(cc2C[C@H]1C(N)=O)OCC(c1ccc(OCc2ccc(Cl)c(Cl)c2)cc1)O3. The number of nitrogens with one attached hydrogen (secondary N) is 1. The summed E-state index contributed by atoms with van der Waals surface area (Å²) in [6, 6.07) is 15.2. The average Bonchev–Trinajstić information content (AvgIpc) is 3.43. The Kier molecular flexibility index (Phi) is 9.22. The lowest BCUT2D eigenvalue weighted by atomic mass is 9.85. The molecule has 1 aliphatic carbocycles. The van der Waals surface area contributed by atoms with Crippen LogP contribution in [0.25, 0.3) is 0 Å². The lowest BCUT2D eigenvalue weighted by Gasteiger charge is -2.35. The first-order valence-corrected chi connectivity index (χ1v) is 18.7. The Hall–Kier alpha value is -3.88. The molecule has 11 nitrogen and oxygen atoms in total. The van der Waals surface area contributed by atoms with E-state index in [0.29, 0.717) is 39.5 Å². The second kappa shape index (κ2) is 13.4. The first kappa shape index (κ1) is 33.6. The van der Waals surface area contributed by atoms with Crippen molar-refractivity contribution in [3.05, 3.63) is 92.6 Å². The molecule has 7 rings (SSSR count). The van der Waals surface area contributed by atoms with Gasteiger partial charge in [-0.05, 0) is 84.8 Å². The molecule has 0 radical (unpaired) electrons. The van der Waals surface area contributed by atoms with Crippen molar-refractivity contribution >= 4 is 61.5 Å². The largest absolute Gasteiger partial charge is 0.489 e. The number of amides is 2. The van der Waals surface area contributed by atoms with Crippen LogP contribution in [0.4, 0.5) is 5.13 Å². The molecule has 3 aromatic carbocycles. The molecule has 256 valence electrons. The number of sulfonamides is 1. The Bertz CT molecular complexity index is 2050. The van der Waals surface area contributed by atoms with E-state index in [0.717, 1.165) is 51.6 Å². The first-order valence-electron chi connectivity index (χ1n) is 15.7. The van der Waals surface area contributed by atoms with Crippen molar-refractivity contribution < 1.29 is 32.2 Å². The summed E-state index contributed by atoms with van der Waals surface area (Å²) in [5, 5.41) is 3.90. The summed E-state index contributed by atoms with van der Waals surface area (Å²) in [5.74, 6) is 0.601. The molecule has 49 heavy (non-hydrogen) atoms. The maximum absolute atomic E-state index is 14.0. The summed E-state index contributed by atoms with van der Waals surface area (Å²) in [4.78, 5) is 29.4. The highest BCUT2D eigenvalue weighted by atomic mass is 35.5. The van der Waals surface area contributed by atoms with Crippen LogP contribution in [0.3, 0.4) is 0 Å². The fourth-order valence-electron chi connectivity index (χ4n) is 6.02. The fourth-order valence-corrected chi connectivity index (χ4v) is 9.44. The van der Waals surface area contributed by atoms with Gasteiger partial charge in [-0.2, -0.15) is 4.31 Å². The smallest absolute Gasteiger partial charge is 0.255 e. The molecule has 4 aromatic rings. The molecule has 1 saturated carbocycles. The van der Waals surface area contributed by atoms with Gasteiger partial charge in [0.2, 0.25) is 11.8 Å². The number of nitrogens with two attached hydrogens (primary N) is 1. The molecule has 0 bridgehead atoms. The number of benzene rings is 3. The Morgan fingerprint density at radius 1 is 1.06 bits per heavy atom. The van der Waals surface area contributed by atoms with Crippen LogP contribution in [0, 0.1) is 12.8 Å². The molecule has 3 N–H and O–H groups in total. The number of nitrogens with zero attached hydrogens (tertiary/aromatic N) is 2. The second-order valence-corrected chi connectivity index (χ2v) is 16.2. The molecule has 0 spiro atoms. The lowest BCUT2D eigenvalue weighted by Crippen LogP contribution is -2.51. The summed E-state index contributed by atoms with van der Waals surface area (Å²) in [6.45, 7) is 2.02. The van der Waals surface area contributed by atoms with Crippen molar-refractivity contribution in [3.63, 3.8) is 0 Å². The number of fused-ring (bicyclic) bond motifs is 2. The highest BCUT2D eigenvalue weighted by molar-refractivity contribution is 7.91. The monoisotopic (exact) mass is 742 g/mol. The minimum Gasteiger partial charge on any atom is -0.489 e. The third-order valence-corrected chi connectivity index (χ3v) is 13.2. The summed E-state index contributed by atoms with van der Waals surface area (Å²) in [5.41, 5.74) is 9.15. The van der Waals surface area contributed by atoms with E-state index >= 15 is 0 Å². The number of ether oxygens (including phenoxy) is 3. The zero-order valence-corrected chi connectivity index (χ0v) is 29.4. The van der Waals surface area contributed by atoms with Crippen molar-refractivity contribution in [2.45, 2.75) is 62.1 Å². The fraction of sp³-hybridized carbons (Fsp3) is 0.324. The molecule has 2 aliphatic heterocycles. The highest BCUT2D eigenvalue weighted by Crippen LogP contribution is 2.42. The molecule has 1 unspecified atom stereocenters. The number of hydrogen-bond acceptors (Lipinski definition) is 9. The Morgan fingerprint density at radius 3 is 2.51 bits per heavy atom. The van der Waals surface area contributed by atoms with E-state index in [-0.39, 0.29) is 46.4 Å². The summed E-state index contributed by atoms with van der Waals surface area (Å²) < 4.78 is 47.5. The third kappa shape index (κ3) is 6.82. The van der Waals surface area contributed by atoms with Crippen molar-refractivity contribution in [1.82, 2.24) is 9.29 Å². The Labute approximate surface area is 297 Å². The quantitative estimate of drug-likeness (QED) is 0.206. The van der Waals surface area contributed by atoms with Crippen LogP contribution in [0.5, 0.6) is 17.2 Å². The molecule has 1 fully saturated rings. The molecule has 2 atom stereocenters. The van der Waals surface area contributed by atoms with E-state index in [2.05, 4.69) is 10.3 Å². The third-order valence-electron chi connectivity index (χ3n) is 8.99. The number of thiazole rings is 1. The number of primary amides is 1. The Balaban J connectivity index is 1.07. The minimum atomic E-state index is -4.22. The molecule has 3 aliphatic rings. The van der Waals surface area contributed by atoms with E-state index < -0.39 is 28.1 Å². The molecule has 15 heteroatoms. The molecule has 1 aromatic heterocycles. The van der Waals surface area contributed by atoms with Gasteiger partial charge in [0.05, 0.1) is 15.7 Å². The maximum Gasteiger partial charge on any atom is 0.255 e. The van der Waals surface area contributed by atoms with Gasteiger partial charge in [0.15, 0.2) is 26.9 Å².